The quantitative estimate of drug-likeness (QED) is 0.388. The number of hydrogen-bond donors (Lipinski definition) is 4. The van der Waals surface area contributed by atoms with E-state index in [1.807, 2.05) is 0 Å². The summed E-state index contributed by atoms with van der Waals surface area (Å²) in [5.41, 5.74) is 0. The molecule has 5 atom stereocenters. The van der Waals surface area contributed by atoms with Crippen LogP contribution in [0.25, 0.3) is 0 Å². The molecule has 1 saturated heterocycles. The Kier molecular flexibility index (Phi) is 4.23. The van der Waals surface area contributed by atoms with Crippen molar-refractivity contribution in [1.29, 1.82) is 0 Å². The van der Waals surface area contributed by atoms with E-state index in [9.17, 15) is 18.6 Å². The van der Waals surface area contributed by atoms with Crippen LogP contribution >= 0.6 is 0 Å². The zero-order chi connectivity index (χ0) is 12.5. The van der Waals surface area contributed by atoms with Crippen LogP contribution in [-0.4, -0.2) is 72.4 Å². The Morgan fingerprint density at radius 2 is 1.81 bits per heavy atom. The summed E-state index contributed by atoms with van der Waals surface area (Å²) in [6.45, 7) is -0.666. The molecule has 0 spiro atoms. The van der Waals surface area contributed by atoms with E-state index in [1.165, 1.54) is 0 Å². The van der Waals surface area contributed by atoms with E-state index in [0.717, 1.165) is 6.26 Å². The second-order valence-electron chi connectivity index (χ2n) is 3.49. The van der Waals surface area contributed by atoms with Gasteiger partial charge >= 0.3 is 0 Å². The van der Waals surface area contributed by atoms with Crippen LogP contribution in [0.2, 0.25) is 0 Å². The zero-order valence-electron chi connectivity index (χ0n) is 8.42. The Hall–Kier alpha value is -0.290. The van der Waals surface area contributed by atoms with Gasteiger partial charge in [-0.25, -0.2) is 0 Å². The highest BCUT2D eigenvalue weighted by Gasteiger charge is 2.45. The molecule has 1 fully saturated rings. The molecular formula is C7H14O8S. The molecule has 1 heterocycles. The van der Waals surface area contributed by atoms with Gasteiger partial charge in [0.15, 0.2) is 6.29 Å². The van der Waals surface area contributed by atoms with E-state index >= 15 is 0 Å². The number of ether oxygens (including phenoxy) is 1. The SMILES string of the molecule is CS(=O)(=O)O[C@H]1[C@H](O)[C@@H](O)C(O)O[C@@H]1CO. The van der Waals surface area contributed by atoms with Gasteiger partial charge in [-0.3, -0.25) is 4.18 Å². The molecule has 4 N–H and O–H groups in total. The van der Waals surface area contributed by atoms with Crippen LogP contribution in [-0.2, 0) is 19.0 Å². The molecule has 0 saturated carbocycles. The maximum atomic E-state index is 10.9. The Balaban J connectivity index is 2.85. The molecule has 16 heavy (non-hydrogen) atoms. The van der Waals surface area contributed by atoms with E-state index < -0.39 is 47.4 Å². The lowest BCUT2D eigenvalue weighted by Crippen LogP contribution is -2.59. The van der Waals surface area contributed by atoms with Gasteiger partial charge in [0, 0.05) is 0 Å². The maximum absolute atomic E-state index is 10.9. The van der Waals surface area contributed by atoms with Crippen molar-refractivity contribution in [3.8, 4) is 0 Å². The Labute approximate surface area is 92.2 Å². The van der Waals surface area contributed by atoms with E-state index in [0.29, 0.717) is 0 Å². The Morgan fingerprint density at radius 1 is 1.25 bits per heavy atom. The van der Waals surface area contributed by atoms with Gasteiger partial charge in [-0.1, -0.05) is 0 Å². The van der Waals surface area contributed by atoms with Crippen molar-refractivity contribution in [2.75, 3.05) is 12.9 Å². The Morgan fingerprint density at radius 3 is 2.25 bits per heavy atom. The number of aliphatic hydroxyl groups excluding tert-OH is 4. The van der Waals surface area contributed by atoms with Gasteiger partial charge in [-0.05, 0) is 0 Å². The third-order valence-corrected chi connectivity index (χ3v) is 2.70. The fourth-order valence-electron chi connectivity index (χ4n) is 1.39. The van der Waals surface area contributed by atoms with Crippen molar-refractivity contribution in [2.24, 2.45) is 0 Å². The van der Waals surface area contributed by atoms with Gasteiger partial charge in [0.1, 0.15) is 24.4 Å². The van der Waals surface area contributed by atoms with Crippen molar-refractivity contribution in [1.82, 2.24) is 0 Å². The van der Waals surface area contributed by atoms with E-state index in [4.69, 9.17) is 10.2 Å². The van der Waals surface area contributed by atoms with Crippen LogP contribution in [0.15, 0.2) is 0 Å². The fraction of sp³-hybridized carbons (Fsp3) is 1.00. The van der Waals surface area contributed by atoms with Crippen LogP contribution in [0.4, 0.5) is 0 Å². The molecule has 1 aliphatic rings. The first-order valence-corrected chi connectivity index (χ1v) is 6.26. The average Bonchev–Trinajstić information content (AvgIpc) is 2.17. The van der Waals surface area contributed by atoms with Crippen molar-refractivity contribution < 1.29 is 37.8 Å². The Bertz CT molecular complexity index is 325. The second-order valence-corrected chi connectivity index (χ2v) is 5.09. The van der Waals surface area contributed by atoms with Crippen molar-refractivity contribution >= 4 is 10.1 Å². The van der Waals surface area contributed by atoms with Crippen LogP contribution < -0.4 is 0 Å². The summed E-state index contributed by atoms with van der Waals surface area (Å²) in [5.74, 6) is 0. The van der Waals surface area contributed by atoms with E-state index in [2.05, 4.69) is 8.92 Å². The maximum Gasteiger partial charge on any atom is 0.264 e. The molecule has 0 aromatic carbocycles. The molecule has 0 radical (unpaired) electrons. The van der Waals surface area contributed by atoms with E-state index in [1.54, 1.807) is 0 Å². The minimum absolute atomic E-state index is 0.666. The summed E-state index contributed by atoms with van der Waals surface area (Å²) >= 11 is 0. The molecule has 1 aliphatic heterocycles. The smallest absolute Gasteiger partial charge is 0.264 e. The summed E-state index contributed by atoms with van der Waals surface area (Å²) in [7, 11) is -3.88. The molecule has 0 aromatic heterocycles. The molecule has 1 unspecified atom stereocenters. The molecule has 0 aromatic rings. The third kappa shape index (κ3) is 3.10. The summed E-state index contributed by atoms with van der Waals surface area (Å²) in [5, 5.41) is 36.7. The van der Waals surface area contributed by atoms with Crippen LogP contribution in [0.5, 0.6) is 0 Å². The molecule has 0 aliphatic carbocycles. The molecule has 9 heteroatoms. The monoisotopic (exact) mass is 258 g/mol. The molecule has 96 valence electrons. The number of aliphatic hydroxyl groups is 4. The van der Waals surface area contributed by atoms with Crippen LogP contribution in [0, 0.1) is 0 Å². The molecule has 1 rings (SSSR count). The number of rotatable bonds is 3. The lowest BCUT2D eigenvalue weighted by Gasteiger charge is -2.39. The highest BCUT2D eigenvalue weighted by Crippen LogP contribution is 2.23. The van der Waals surface area contributed by atoms with Gasteiger partial charge in [-0.15, -0.1) is 0 Å². The summed E-state index contributed by atoms with van der Waals surface area (Å²) in [4.78, 5) is 0. The van der Waals surface area contributed by atoms with Gasteiger partial charge < -0.3 is 25.2 Å². The first kappa shape index (κ1) is 13.8. The number of hydrogen-bond acceptors (Lipinski definition) is 8. The van der Waals surface area contributed by atoms with Gasteiger partial charge in [0.25, 0.3) is 10.1 Å². The van der Waals surface area contributed by atoms with Crippen molar-refractivity contribution in [3.05, 3.63) is 0 Å². The average molecular weight is 258 g/mol. The van der Waals surface area contributed by atoms with Crippen LogP contribution in [0.3, 0.4) is 0 Å². The second kappa shape index (κ2) is 4.92. The van der Waals surface area contributed by atoms with E-state index in [-0.39, 0.29) is 0 Å². The standard InChI is InChI=1S/C7H14O8S/c1-16(12,13)15-6-3(2-8)14-7(11)5(10)4(6)9/h3-11H,2H2,1H3/t3-,4-,5-,6-,7?/m1/s1. The van der Waals surface area contributed by atoms with Crippen molar-refractivity contribution in [2.45, 2.75) is 30.7 Å². The first-order chi connectivity index (χ1) is 7.26. The lowest BCUT2D eigenvalue weighted by atomic mass is 9.99. The predicted octanol–water partition coefficient (Wildman–Crippen LogP) is -3.24. The van der Waals surface area contributed by atoms with Gasteiger partial charge in [-0.2, -0.15) is 8.42 Å². The third-order valence-electron chi connectivity index (χ3n) is 2.13. The fourth-order valence-corrected chi connectivity index (χ4v) is 2.03. The topological polar surface area (TPSA) is 134 Å². The minimum Gasteiger partial charge on any atom is -0.394 e. The normalized spacial score (nSPS) is 40.9. The first-order valence-electron chi connectivity index (χ1n) is 4.45. The zero-order valence-corrected chi connectivity index (χ0v) is 9.24. The molecule has 0 bridgehead atoms. The molecule has 0 amide bonds. The lowest BCUT2D eigenvalue weighted by molar-refractivity contribution is -0.281. The minimum atomic E-state index is -3.88. The van der Waals surface area contributed by atoms with Gasteiger partial charge in [0.05, 0.1) is 12.9 Å². The summed E-state index contributed by atoms with van der Waals surface area (Å²) in [6, 6.07) is 0. The molecule has 8 nitrogen and oxygen atoms in total. The van der Waals surface area contributed by atoms with Gasteiger partial charge in [0.2, 0.25) is 0 Å². The summed E-state index contributed by atoms with van der Waals surface area (Å²) < 4.78 is 30.9. The van der Waals surface area contributed by atoms with Crippen molar-refractivity contribution in [3.63, 3.8) is 0 Å². The molecular weight excluding hydrogens is 244 g/mol. The highest BCUT2D eigenvalue weighted by molar-refractivity contribution is 7.86. The highest BCUT2D eigenvalue weighted by atomic mass is 32.2. The predicted molar refractivity (Wildman–Crippen MR) is 49.7 cm³/mol. The summed E-state index contributed by atoms with van der Waals surface area (Å²) in [6.07, 6.45) is -7.01. The largest absolute Gasteiger partial charge is 0.394 e. The van der Waals surface area contributed by atoms with Crippen LogP contribution in [0.1, 0.15) is 0 Å².